The predicted molar refractivity (Wildman–Crippen MR) is 116 cm³/mol. The zero-order chi connectivity index (χ0) is 22.8. The molecule has 0 aromatic heterocycles. The van der Waals surface area contributed by atoms with Gasteiger partial charge >= 0.3 is 6.09 Å². The first-order chi connectivity index (χ1) is 14.5. The van der Waals surface area contributed by atoms with Crippen LogP contribution in [-0.4, -0.2) is 64.3 Å². The van der Waals surface area contributed by atoms with Crippen LogP contribution in [0.2, 0.25) is 0 Å². The first kappa shape index (κ1) is 23.3. The SMILES string of the molecule is CC(C)(C)OC(=O)N1CCC(O)(CC(=O)N2CCC(c3ccc(N)cc3F)CC2)CC1. The van der Waals surface area contributed by atoms with Crippen molar-refractivity contribution in [2.75, 3.05) is 31.9 Å². The van der Waals surface area contributed by atoms with Crippen molar-refractivity contribution >= 4 is 17.7 Å². The quantitative estimate of drug-likeness (QED) is 0.711. The number of carbonyl (C=O) groups excluding carboxylic acids is 2. The number of carbonyl (C=O) groups is 2. The number of hydrogen-bond acceptors (Lipinski definition) is 5. The van der Waals surface area contributed by atoms with Gasteiger partial charge in [0.2, 0.25) is 5.91 Å². The molecule has 2 fully saturated rings. The van der Waals surface area contributed by atoms with Gasteiger partial charge in [-0.3, -0.25) is 4.79 Å². The van der Waals surface area contributed by atoms with Crippen LogP contribution in [0.15, 0.2) is 18.2 Å². The van der Waals surface area contributed by atoms with Crippen LogP contribution < -0.4 is 5.73 Å². The van der Waals surface area contributed by atoms with Crippen LogP contribution in [0.5, 0.6) is 0 Å². The van der Waals surface area contributed by atoms with E-state index in [9.17, 15) is 19.1 Å². The van der Waals surface area contributed by atoms with Gasteiger partial charge in [-0.15, -0.1) is 0 Å². The number of nitrogens with zero attached hydrogens (tertiary/aromatic N) is 2. The number of hydrogen-bond donors (Lipinski definition) is 2. The molecule has 1 aromatic rings. The molecule has 7 nitrogen and oxygen atoms in total. The summed E-state index contributed by atoms with van der Waals surface area (Å²) in [4.78, 5) is 28.3. The van der Waals surface area contributed by atoms with E-state index >= 15 is 0 Å². The number of halogens is 1. The molecule has 2 heterocycles. The van der Waals surface area contributed by atoms with Crippen molar-refractivity contribution in [2.24, 2.45) is 0 Å². The van der Waals surface area contributed by atoms with Gasteiger partial charge in [0.15, 0.2) is 0 Å². The maximum atomic E-state index is 14.2. The molecule has 0 unspecified atom stereocenters. The number of aliphatic hydroxyl groups is 1. The molecule has 0 radical (unpaired) electrons. The Morgan fingerprint density at radius 3 is 2.32 bits per heavy atom. The molecule has 0 bridgehead atoms. The Kier molecular flexibility index (Phi) is 6.79. The fourth-order valence-corrected chi connectivity index (χ4v) is 4.32. The summed E-state index contributed by atoms with van der Waals surface area (Å²) in [6.07, 6.45) is 1.68. The Labute approximate surface area is 183 Å². The number of nitrogen functional groups attached to an aromatic ring is 1. The van der Waals surface area contributed by atoms with Gasteiger partial charge in [0.25, 0.3) is 0 Å². The molecule has 8 heteroatoms. The number of piperidine rings is 2. The number of amides is 2. The number of likely N-dealkylation sites (tertiary alicyclic amines) is 2. The van der Waals surface area contributed by atoms with Crippen molar-refractivity contribution in [1.29, 1.82) is 0 Å². The molecule has 1 aromatic carbocycles. The van der Waals surface area contributed by atoms with Gasteiger partial charge in [-0.2, -0.15) is 0 Å². The zero-order valence-electron chi connectivity index (χ0n) is 18.7. The molecule has 0 saturated carbocycles. The number of benzene rings is 1. The van der Waals surface area contributed by atoms with E-state index in [-0.39, 0.29) is 24.1 Å². The Balaban J connectivity index is 1.48. The van der Waals surface area contributed by atoms with E-state index in [1.807, 2.05) is 20.8 Å². The second-order valence-electron chi connectivity index (χ2n) is 9.80. The summed E-state index contributed by atoms with van der Waals surface area (Å²) in [7, 11) is 0. The van der Waals surface area contributed by atoms with Gasteiger partial charge in [0, 0.05) is 31.9 Å². The van der Waals surface area contributed by atoms with E-state index in [1.165, 1.54) is 6.07 Å². The van der Waals surface area contributed by atoms with Crippen LogP contribution >= 0.6 is 0 Å². The lowest BCUT2D eigenvalue weighted by Crippen LogP contribution is -2.50. The minimum absolute atomic E-state index is 0.0378. The van der Waals surface area contributed by atoms with Gasteiger partial charge in [-0.1, -0.05) is 6.07 Å². The first-order valence-corrected chi connectivity index (χ1v) is 11.0. The van der Waals surface area contributed by atoms with Gasteiger partial charge in [-0.05, 0) is 70.1 Å². The summed E-state index contributed by atoms with van der Waals surface area (Å²) in [6, 6.07) is 4.77. The zero-order valence-corrected chi connectivity index (χ0v) is 18.7. The van der Waals surface area contributed by atoms with E-state index in [0.717, 1.165) is 0 Å². The molecule has 172 valence electrons. The van der Waals surface area contributed by atoms with Crippen LogP contribution in [0.4, 0.5) is 14.9 Å². The van der Waals surface area contributed by atoms with Crippen LogP contribution in [0.1, 0.15) is 64.4 Å². The molecule has 2 amide bonds. The van der Waals surface area contributed by atoms with Crippen molar-refractivity contribution in [2.45, 2.75) is 70.0 Å². The van der Waals surface area contributed by atoms with E-state index < -0.39 is 17.3 Å². The highest BCUT2D eigenvalue weighted by Gasteiger charge is 2.38. The van der Waals surface area contributed by atoms with Gasteiger partial charge in [0.1, 0.15) is 11.4 Å². The molecule has 2 aliphatic rings. The summed E-state index contributed by atoms with van der Waals surface area (Å²) in [5, 5.41) is 10.9. The Morgan fingerprint density at radius 2 is 1.77 bits per heavy atom. The highest BCUT2D eigenvalue weighted by molar-refractivity contribution is 5.77. The van der Waals surface area contributed by atoms with Gasteiger partial charge in [-0.25, -0.2) is 9.18 Å². The van der Waals surface area contributed by atoms with E-state index in [4.69, 9.17) is 10.5 Å². The molecular formula is C23H34FN3O4. The van der Waals surface area contributed by atoms with Crippen molar-refractivity contribution in [3.05, 3.63) is 29.6 Å². The molecule has 31 heavy (non-hydrogen) atoms. The maximum absolute atomic E-state index is 14.2. The van der Waals surface area contributed by atoms with Crippen molar-refractivity contribution in [3.8, 4) is 0 Å². The van der Waals surface area contributed by atoms with Crippen LogP contribution in [-0.2, 0) is 9.53 Å². The van der Waals surface area contributed by atoms with Gasteiger partial charge in [0.05, 0.1) is 12.0 Å². The lowest BCUT2D eigenvalue weighted by Gasteiger charge is -2.40. The number of nitrogens with two attached hydrogens (primary N) is 1. The number of ether oxygens (including phenoxy) is 1. The average Bonchev–Trinajstić information content (AvgIpc) is 2.67. The van der Waals surface area contributed by atoms with Crippen LogP contribution in [0.3, 0.4) is 0 Å². The minimum atomic E-state index is -1.12. The topological polar surface area (TPSA) is 96.1 Å². The van der Waals surface area contributed by atoms with Crippen LogP contribution in [0, 0.1) is 5.82 Å². The minimum Gasteiger partial charge on any atom is -0.444 e. The van der Waals surface area contributed by atoms with E-state index in [2.05, 4.69) is 0 Å². The molecule has 3 N–H and O–H groups in total. The molecule has 3 rings (SSSR count). The molecule has 0 aliphatic carbocycles. The highest BCUT2D eigenvalue weighted by Crippen LogP contribution is 2.32. The molecule has 2 saturated heterocycles. The molecular weight excluding hydrogens is 401 g/mol. The van der Waals surface area contributed by atoms with Crippen molar-refractivity contribution in [3.63, 3.8) is 0 Å². The van der Waals surface area contributed by atoms with E-state index in [1.54, 1.807) is 21.9 Å². The second kappa shape index (κ2) is 9.02. The lowest BCUT2D eigenvalue weighted by atomic mass is 9.86. The third kappa shape index (κ3) is 6.09. The normalized spacial score (nSPS) is 19.9. The fourth-order valence-electron chi connectivity index (χ4n) is 4.32. The Hall–Kier alpha value is -2.35. The summed E-state index contributed by atoms with van der Waals surface area (Å²) < 4.78 is 19.6. The molecule has 2 aliphatic heterocycles. The maximum Gasteiger partial charge on any atom is 0.410 e. The smallest absolute Gasteiger partial charge is 0.410 e. The Morgan fingerprint density at radius 1 is 1.16 bits per heavy atom. The number of rotatable bonds is 3. The molecule has 0 spiro atoms. The average molecular weight is 436 g/mol. The summed E-state index contributed by atoms with van der Waals surface area (Å²) >= 11 is 0. The van der Waals surface area contributed by atoms with E-state index in [0.29, 0.717) is 63.1 Å². The molecule has 0 atom stereocenters. The second-order valence-corrected chi connectivity index (χ2v) is 9.80. The van der Waals surface area contributed by atoms with Crippen LogP contribution in [0.25, 0.3) is 0 Å². The number of anilines is 1. The summed E-state index contributed by atoms with van der Waals surface area (Å²) in [5.74, 6) is -0.329. The first-order valence-electron chi connectivity index (χ1n) is 11.0. The van der Waals surface area contributed by atoms with Crippen molar-refractivity contribution < 1.29 is 23.8 Å². The highest BCUT2D eigenvalue weighted by atomic mass is 19.1. The largest absolute Gasteiger partial charge is 0.444 e. The summed E-state index contributed by atoms with van der Waals surface area (Å²) in [6.45, 7) is 7.23. The van der Waals surface area contributed by atoms with Gasteiger partial charge < -0.3 is 25.4 Å². The third-order valence-electron chi connectivity index (χ3n) is 6.14. The summed E-state index contributed by atoms with van der Waals surface area (Å²) in [5.41, 5.74) is 4.99. The third-order valence-corrected chi connectivity index (χ3v) is 6.14. The lowest BCUT2D eigenvalue weighted by molar-refractivity contribution is -0.139. The fraction of sp³-hybridized carbons (Fsp3) is 0.652. The standard InChI is InChI=1S/C23H34FN3O4/c1-22(2,3)31-21(29)27-12-8-23(30,9-13-27)15-20(28)26-10-6-16(7-11-26)18-5-4-17(25)14-19(18)24/h4-5,14,16,30H,6-13,15,25H2,1-3H3. The monoisotopic (exact) mass is 435 g/mol. The predicted octanol–water partition coefficient (Wildman–Crippen LogP) is 3.27. The van der Waals surface area contributed by atoms with Crippen molar-refractivity contribution in [1.82, 2.24) is 9.80 Å². The Bertz CT molecular complexity index is 808.